The second kappa shape index (κ2) is 11.7. The molecular formula is C29H31BrN8O2. The Kier molecular flexibility index (Phi) is 7.76. The quantitative estimate of drug-likeness (QED) is 0.260. The number of halogens is 1. The van der Waals surface area contributed by atoms with Crippen LogP contribution in [0, 0.1) is 0 Å². The van der Waals surface area contributed by atoms with Gasteiger partial charge in [-0.25, -0.2) is 9.50 Å². The number of hydrogen-bond donors (Lipinski definition) is 2. The van der Waals surface area contributed by atoms with Crippen LogP contribution in [0.3, 0.4) is 0 Å². The fourth-order valence-electron chi connectivity index (χ4n) is 5.24. The summed E-state index contributed by atoms with van der Waals surface area (Å²) in [6.07, 6.45) is 2.12. The van der Waals surface area contributed by atoms with Gasteiger partial charge < -0.3 is 15.4 Å². The zero-order valence-electron chi connectivity index (χ0n) is 22.3. The van der Waals surface area contributed by atoms with E-state index < -0.39 is 0 Å². The normalized spacial score (nSPS) is 14.2. The third-order valence-electron chi connectivity index (χ3n) is 7.24. The zero-order valence-corrected chi connectivity index (χ0v) is 23.9. The fraction of sp³-hybridized carbons (Fsp3) is 0.310. The topological polar surface area (TPSA) is 102 Å². The van der Waals surface area contributed by atoms with Gasteiger partial charge in [-0.05, 0) is 45.6 Å². The van der Waals surface area contributed by atoms with Crippen LogP contribution in [0.1, 0.15) is 28.4 Å². The van der Waals surface area contributed by atoms with Gasteiger partial charge in [-0.1, -0.05) is 49.4 Å². The van der Waals surface area contributed by atoms with Crippen molar-refractivity contribution in [3.63, 3.8) is 0 Å². The maximum absolute atomic E-state index is 13.4. The first-order valence-electron chi connectivity index (χ1n) is 13.5. The lowest BCUT2D eigenvalue weighted by atomic mass is 10.1. The molecule has 2 N–H and O–H groups in total. The van der Waals surface area contributed by atoms with Crippen LogP contribution in [0.4, 0.5) is 11.6 Å². The SMILES string of the molecule is CCc1c(C(=O)NCCN2CCOCC2)c(Br)n2ncnc(Nc3nn(Cc4ccccc4)c4ccccc34)c12. The fourth-order valence-corrected chi connectivity index (χ4v) is 5.93. The molecule has 0 unspecified atom stereocenters. The average molecular weight is 604 g/mol. The van der Waals surface area contributed by atoms with E-state index in [4.69, 9.17) is 9.84 Å². The number of carbonyl (C=O) groups excluding carboxylic acids is 1. The van der Waals surface area contributed by atoms with E-state index >= 15 is 0 Å². The number of ether oxygens (including phenoxy) is 1. The number of nitrogens with one attached hydrogen (secondary N) is 2. The molecule has 0 spiro atoms. The van der Waals surface area contributed by atoms with Gasteiger partial charge >= 0.3 is 0 Å². The second-order valence-electron chi connectivity index (χ2n) is 9.71. The first-order chi connectivity index (χ1) is 19.6. The Labute approximate surface area is 240 Å². The number of benzene rings is 2. The second-order valence-corrected chi connectivity index (χ2v) is 10.5. The molecule has 0 radical (unpaired) electrons. The molecule has 6 rings (SSSR count). The van der Waals surface area contributed by atoms with Crippen molar-refractivity contribution in [2.75, 3.05) is 44.7 Å². The Morgan fingerprint density at radius 2 is 1.82 bits per heavy atom. The number of fused-ring (bicyclic) bond motifs is 2. The van der Waals surface area contributed by atoms with Crippen molar-refractivity contribution in [3.8, 4) is 0 Å². The van der Waals surface area contributed by atoms with E-state index in [2.05, 4.69) is 59.7 Å². The number of nitrogens with zero attached hydrogens (tertiary/aromatic N) is 6. The van der Waals surface area contributed by atoms with Gasteiger partial charge in [0.25, 0.3) is 5.91 Å². The number of para-hydroxylation sites is 1. The van der Waals surface area contributed by atoms with Crippen molar-refractivity contribution in [2.24, 2.45) is 0 Å². The van der Waals surface area contributed by atoms with Crippen molar-refractivity contribution < 1.29 is 9.53 Å². The summed E-state index contributed by atoms with van der Waals surface area (Å²) in [5.74, 6) is 1.16. The van der Waals surface area contributed by atoms with Crippen LogP contribution >= 0.6 is 15.9 Å². The predicted octanol–water partition coefficient (Wildman–Crippen LogP) is 4.26. The number of carbonyl (C=O) groups is 1. The highest BCUT2D eigenvalue weighted by atomic mass is 79.9. The Balaban J connectivity index is 1.31. The Hall–Kier alpha value is -3.80. The number of morpholine rings is 1. The van der Waals surface area contributed by atoms with Gasteiger partial charge in [0.15, 0.2) is 11.6 Å². The first kappa shape index (κ1) is 26.4. The van der Waals surface area contributed by atoms with Gasteiger partial charge in [0.1, 0.15) is 16.4 Å². The van der Waals surface area contributed by atoms with Crippen molar-refractivity contribution in [1.29, 1.82) is 0 Å². The summed E-state index contributed by atoms with van der Waals surface area (Å²) in [6, 6.07) is 18.4. The third-order valence-corrected chi connectivity index (χ3v) is 7.97. The van der Waals surface area contributed by atoms with Crippen molar-refractivity contribution in [3.05, 3.63) is 82.2 Å². The lowest BCUT2D eigenvalue weighted by Gasteiger charge is -2.26. The van der Waals surface area contributed by atoms with E-state index in [1.165, 1.54) is 11.9 Å². The van der Waals surface area contributed by atoms with Gasteiger partial charge in [0, 0.05) is 31.6 Å². The Morgan fingerprint density at radius 1 is 1.05 bits per heavy atom. The number of aryl methyl sites for hydroxylation is 1. The largest absolute Gasteiger partial charge is 0.379 e. The molecule has 1 amide bonds. The molecule has 40 heavy (non-hydrogen) atoms. The highest BCUT2D eigenvalue weighted by Crippen LogP contribution is 2.34. The average Bonchev–Trinajstić information content (AvgIpc) is 3.48. The minimum atomic E-state index is -0.133. The maximum atomic E-state index is 13.4. The molecule has 1 fully saturated rings. The molecule has 1 saturated heterocycles. The van der Waals surface area contributed by atoms with E-state index in [0.717, 1.165) is 54.8 Å². The van der Waals surface area contributed by atoms with Crippen LogP contribution in [0.5, 0.6) is 0 Å². The molecule has 2 aromatic carbocycles. The summed E-state index contributed by atoms with van der Waals surface area (Å²) in [5.41, 5.74) is 4.38. The molecule has 0 aliphatic carbocycles. The standard InChI is InChI=1S/C29H31BrN8O2/c1-2-21-24(29(39)31-12-13-36-14-16-40-17-15-36)26(30)38-25(21)28(32-19-33-38)34-27-22-10-6-7-11-23(22)37(35-27)18-20-8-4-3-5-9-20/h3-11,19H,2,12-18H2,1H3,(H,31,39)(H,32,33,34,35). The van der Waals surface area contributed by atoms with Gasteiger partial charge in [-0.2, -0.15) is 10.2 Å². The van der Waals surface area contributed by atoms with Gasteiger partial charge in [0.2, 0.25) is 0 Å². The summed E-state index contributed by atoms with van der Waals surface area (Å²) in [7, 11) is 0. The predicted molar refractivity (Wildman–Crippen MR) is 158 cm³/mol. The molecule has 0 bridgehead atoms. The van der Waals surface area contributed by atoms with E-state index in [1.54, 1.807) is 4.52 Å². The smallest absolute Gasteiger partial charge is 0.254 e. The van der Waals surface area contributed by atoms with Gasteiger partial charge in [-0.3, -0.25) is 14.4 Å². The maximum Gasteiger partial charge on any atom is 0.254 e. The van der Waals surface area contributed by atoms with E-state index in [0.29, 0.717) is 41.3 Å². The van der Waals surface area contributed by atoms with Crippen molar-refractivity contribution in [1.82, 2.24) is 34.6 Å². The van der Waals surface area contributed by atoms with Crippen LogP contribution in [0.2, 0.25) is 0 Å². The van der Waals surface area contributed by atoms with Gasteiger partial charge in [-0.15, -0.1) is 0 Å². The highest BCUT2D eigenvalue weighted by Gasteiger charge is 2.25. The first-order valence-corrected chi connectivity index (χ1v) is 14.3. The number of amides is 1. The van der Waals surface area contributed by atoms with Crippen LogP contribution in [-0.4, -0.2) is 74.6 Å². The van der Waals surface area contributed by atoms with Crippen LogP contribution in [0.15, 0.2) is 65.5 Å². The summed E-state index contributed by atoms with van der Waals surface area (Å²) < 4.78 is 9.75. The lowest BCUT2D eigenvalue weighted by molar-refractivity contribution is 0.0383. The molecule has 3 aromatic heterocycles. The number of hydrogen-bond acceptors (Lipinski definition) is 7. The molecule has 4 heterocycles. The molecule has 11 heteroatoms. The molecule has 0 atom stereocenters. The van der Waals surface area contributed by atoms with Crippen LogP contribution < -0.4 is 10.6 Å². The minimum absolute atomic E-state index is 0.133. The molecule has 1 aliphatic rings. The van der Waals surface area contributed by atoms with E-state index in [9.17, 15) is 4.79 Å². The molecule has 206 valence electrons. The Bertz CT molecular complexity index is 1640. The highest BCUT2D eigenvalue weighted by molar-refractivity contribution is 9.10. The molecule has 1 aliphatic heterocycles. The molecule has 5 aromatic rings. The van der Waals surface area contributed by atoms with Gasteiger partial charge in [0.05, 0.1) is 30.8 Å². The summed E-state index contributed by atoms with van der Waals surface area (Å²) in [4.78, 5) is 20.3. The number of anilines is 2. The third kappa shape index (κ3) is 5.19. The van der Waals surface area contributed by atoms with E-state index in [-0.39, 0.29) is 5.91 Å². The number of aromatic nitrogens is 5. The minimum Gasteiger partial charge on any atom is -0.379 e. The molecule has 10 nitrogen and oxygen atoms in total. The van der Waals surface area contributed by atoms with Crippen LogP contribution in [-0.2, 0) is 17.7 Å². The molecular weight excluding hydrogens is 572 g/mol. The summed E-state index contributed by atoms with van der Waals surface area (Å²) in [5, 5.41) is 16.9. The summed E-state index contributed by atoms with van der Waals surface area (Å²) >= 11 is 3.65. The Morgan fingerprint density at radius 3 is 2.62 bits per heavy atom. The monoisotopic (exact) mass is 602 g/mol. The van der Waals surface area contributed by atoms with Crippen molar-refractivity contribution in [2.45, 2.75) is 19.9 Å². The zero-order chi connectivity index (χ0) is 27.5. The lowest BCUT2D eigenvalue weighted by Crippen LogP contribution is -2.41. The van der Waals surface area contributed by atoms with Crippen LogP contribution in [0.25, 0.3) is 16.4 Å². The van der Waals surface area contributed by atoms with E-state index in [1.807, 2.05) is 48.0 Å². The summed E-state index contributed by atoms with van der Waals surface area (Å²) in [6.45, 7) is 7.26. The number of rotatable bonds is 9. The molecule has 0 saturated carbocycles. The van der Waals surface area contributed by atoms with Crippen molar-refractivity contribution >= 4 is 49.9 Å².